The number of nitrogens with one attached hydrogen (secondary N) is 1. The van der Waals surface area contributed by atoms with E-state index in [1.807, 2.05) is 6.07 Å². The molecule has 4 heterocycles. The summed E-state index contributed by atoms with van der Waals surface area (Å²) in [6.07, 6.45) is 3.52. The third kappa shape index (κ3) is 3.92. The first-order valence-electron chi connectivity index (χ1n) is 8.99. The van der Waals surface area contributed by atoms with Gasteiger partial charge in [0.25, 0.3) is 11.5 Å². The first-order valence-corrected chi connectivity index (χ1v) is 8.99. The summed E-state index contributed by atoms with van der Waals surface area (Å²) < 4.78 is 11.3. The molecule has 0 saturated carbocycles. The van der Waals surface area contributed by atoms with Gasteiger partial charge in [-0.05, 0) is 12.1 Å². The lowest BCUT2D eigenvalue weighted by Gasteiger charge is -2.27. The number of aromatic nitrogens is 3. The van der Waals surface area contributed by atoms with Gasteiger partial charge in [-0.15, -0.1) is 0 Å². The molecule has 0 aromatic carbocycles. The van der Waals surface area contributed by atoms with Crippen LogP contribution in [0.5, 0.6) is 5.88 Å². The number of likely N-dealkylation sites (tertiary alicyclic amines) is 1. The highest BCUT2D eigenvalue weighted by molar-refractivity contribution is 5.94. The molecule has 1 N–H and O–H groups in total. The van der Waals surface area contributed by atoms with Crippen molar-refractivity contribution < 1.29 is 14.3 Å². The lowest BCUT2D eigenvalue weighted by atomic mass is 10.2. The molecule has 2 saturated heterocycles. The third-order valence-corrected chi connectivity index (χ3v) is 4.73. The molecule has 1 unspecified atom stereocenters. The molecule has 2 aliphatic rings. The fourth-order valence-corrected chi connectivity index (χ4v) is 3.30. The molecule has 9 nitrogen and oxygen atoms in total. The van der Waals surface area contributed by atoms with Crippen molar-refractivity contribution in [3.63, 3.8) is 0 Å². The molecular weight excluding hydrogens is 350 g/mol. The Labute approximate surface area is 155 Å². The Hall–Kier alpha value is -2.94. The second kappa shape index (κ2) is 7.75. The van der Waals surface area contributed by atoms with E-state index < -0.39 is 0 Å². The van der Waals surface area contributed by atoms with Gasteiger partial charge in [-0.2, -0.15) is 0 Å². The largest absolute Gasteiger partial charge is 0.472 e. The van der Waals surface area contributed by atoms with E-state index in [4.69, 9.17) is 9.47 Å². The minimum atomic E-state index is -0.377. The summed E-state index contributed by atoms with van der Waals surface area (Å²) in [6, 6.07) is 5.00. The number of morpholine rings is 1. The molecule has 2 aliphatic heterocycles. The van der Waals surface area contributed by atoms with Gasteiger partial charge in [0.05, 0.1) is 19.8 Å². The highest BCUT2D eigenvalue weighted by atomic mass is 16.5. The maximum Gasteiger partial charge on any atom is 0.260 e. The summed E-state index contributed by atoms with van der Waals surface area (Å²) >= 11 is 0. The van der Waals surface area contributed by atoms with Gasteiger partial charge in [0.15, 0.2) is 0 Å². The van der Waals surface area contributed by atoms with E-state index in [2.05, 4.69) is 19.9 Å². The minimum Gasteiger partial charge on any atom is -0.472 e. The molecule has 4 rings (SSSR count). The number of aromatic amines is 1. The molecule has 2 fully saturated rings. The Balaban J connectivity index is 1.39. The van der Waals surface area contributed by atoms with Crippen molar-refractivity contribution >= 4 is 11.7 Å². The fourth-order valence-electron chi connectivity index (χ4n) is 3.30. The number of anilines is 1. The molecule has 2 aromatic rings. The second-order valence-corrected chi connectivity index (χ2v) is 6.51. The Kier molecular flexibility index (Phi) is 5.01. The number of ether oxygens (including phenoxy) is 2. The van der Waals surface area contributed by atoms with Crippen LogP contribution in [0.3, 0.4) is 0 Å². The Morgan fingerprint density at radius 1 is 1.26 bits per heavy atom. The van der Waals surface area contributed by atoms with E-state index in [-0.39, 0.29) is 23.1 Å². The van der Waals surface area contributed by atoms with Crippen molar-refractivity contribution in [2.24, 2.45) is 0 Å². The van der Waals surface area contributed by atoms with Crippen LogP contribution in [0.1, 0.15) is 16.8 Å². The second-order valence-electron chi connectivity index (χ2n) is 6.51. The smallest absolute Gasteiger partial charge is 0.260 e. The van der Waals surface area contributed by atoms with Crippen LogP contribution >= 0.6 is 0 Å². The van der Waals surface area contributed by atoms with Crippen LogP contribution in [0.2, 0.25) is 0 Å². The normalized spacial score (nSPS) is 19.9. The molecule has 2 aromatic heterocycles. The number of carbonyl (C=O) groups excluding carboxylic acids is 1. The molecule has 0 radical (unpaired) electrons. The Bertz CT molecular complexity index is 865. The Morgan fingerprint density at radius 3 is 2.93 bits per heavy atom. The maximum absolute atomic E-state index is 12.5. The van der Waals surface area contributed by atoms with Crippen LogP contribution in [-0.4, -0.2) is 71.3 Å². The fraction of sp³-hybridized carbons (Fsp3) is 0.444. The molecule has 27 heavy (non-hydrogen) atoms. The SMILES string of the molecule is O=C(c1ccc[nH]c1=O)N1CCC(Oc2cc(N3CCOCC3)ncn2)C1. The van der Waals surface area contributed by atoms with Crippen molar-refractivity contribution in [2.45, 2.75) is 12.5 Å². The monoisotopic (exact) mass is 371 g/mol. The van der Waals surface area contributed by atoms with Gasteiger partial charge >= 0.3 is 0 Å². The molecule has 0 aliphatic carbocycles. The number of rotatable bonds is 4. The van der Waals surface area contributed by atoms with Gasteiger partial charge in [-0.3, -0.25) is 9.59 Å². The molecule has 142 valence electrons. The number of H-pyrrole nitrogens is 1. The van der Waals surface area contributed by atoms with Crippen molar-refractivity contribution in [3.05, 3.63) is 46.6 Å². The van der Waals surface area contributed by atoms with Gasteiger partial charge in [-0.25, -0.2) is 9.97 Å². The van der Waals surface area contributed by atoms with E-state index >= 15 is 0 Å². The zero-order valence-electron chi connectivity index (χ0n) is 14.8. The molecule has 1 atom stereocenters. The lowest BCUT2D eigenvalue weighted by Crippen LogP contribution is -2.36. The zero-order valence-corrected chi connectivity index (χ0v) is 14.8. The van der Waals surface area contributed by atoms with Gasteiger partial charge < -0.3 is 24.3 Å². The number of hydrogen-bond acceptors (Lipinski definition) is 7. The van der Waals surface area contributed by atoms with Crippen LogP contribution in [0.25, 0.3) is 0 Å². The predicted octanol–water partition coefficient (Wildman–Crippen LogP) is 0.295. The average Bonchev–Trinajstić information content (AvgIpc) is 3.17. The van der Waals surface area contributed by atoms with Crippen molar-refractivity contribution in [1.82, 2.24) is 19.9 Å². The molecule has 1 amide bonds. The van der Waals surface area contributed by atoms with Crippen LogP contribution in [0.4, 0.5) is 5.82 Å². The van der Waals surface area contributed by atoms with Crippen molar-refractivity contribution in [3.8, 4) is 5.88 Å². The first kappa shape index (κ1) is 17.5. The number of carbonyl (C=O) groups is 1. The van der Waals surface area contributed by atoms with Gasteiger partial charge in [0, 0.05) is 38.3 Å². The van der Waals surface area contributed by atoms with E-state index in [9.17, 15) is 9.59 Å². The average molecular weight is 371 g/mol. The van der Waals surface area contributed by atoms with E-state index in [0.29, 0.717) is 38.6 Å². The van der Waals surface area contributed by atoms with Crippen LogP contribution in [-0.2, 0) is 4.74 Å². The molecule has 0 spiro atoms. The van der Waals surface area contributed by atoms with Gasteiger partial charge in [0.1, 0.15) is 23.8 Å². The standard InChI is InChI=1S/C18H21N5O4/c24-17-14(2-1-4-19-17)18(25)23-5-3-13(11-23)27-16-10-15(20-12-21-16)22-6-8-26-9-7-22/h1-2,4,10,12-13H,3,5-9,11H2,(H,19,24). The zero-order chi connectivity index (χ0) is 18.6. The quantitative estimate of drug-likeness (QED) is 0.825. The highest BCUT2D eigenvalue weighted by Gasteiger charge is 2.29. The highest BCUT2D eigenvalue weighted by Crippen LogP contribution is 2.21. The van der Waals surface area contributed by atoms with E-state index in [1.165, 1.54) is 18.6 Å². The third-order valence-electron chi connectivity index (χ3n) is 4.73. The Morgan fingerprint density at radius 2 is 2.11 bits per heavy atom. The van der Waals surface area contributed by atoms with Crippen LogP contribution in [0.15, 0.2) is 35.5 Å². The molecule has 9 heteroatoms. The minimum absolute atomic E-state index is 0.148. The lowest BCUT2D eigenvalue weighted by molar-refractivity contribution is 0.0769. The summed E-state index contributed by atoms with van der Waals surface area (Å²) in [7, 11) is 0. The molecular formula is C18H21N5O4. The maximum atomic E-state index is 12.5. The number of nitrogens with zero attached hydrogens (tertiary/aromatic N) is 4. The van der Waals surface area contributed by atoms with Crippen molar-refractivity contribution in [2.75, 3.05) is 44.3 Å². The van der Waals surface area contributed by atoms with E-state index in [1.54, 1.807) is 11.0 Å². The summed E-state index contributed by atoms with van der Waals surface area (Å²) in [5, 5.41) is 0. The predicted molar refractivity (Wildman–Crippen MR) is 97.1 cm³/mol. The van der Waals surface area contributed by atoms with Crippen LogP contribution < -0.4 is 15.2 Å². The summed E-state index contributed by atoms with van der Waals surface area (Å²) in [5.74, 6) is 1.02. The number of amides is 1. The summed E-state index contributed by atoms with van der Waals surface area (Å²) in [4.78, 5) is 39.1. The molecule has 0 bridgehead atoms. The first-order chi connectivity index (χ1) is 13.2. The van der Waals surface area contributed by atoms with Crippen LogP contribution in [0, 0.1) is 0 Å². The van der Waals surface area contributed by atoms with Gasteiger partial charge in [0.2, 0.25) is 5.88 Å². The number of hydrogen-bond donors (Lipinski definition) is 1. The summed E-state index contributed by atoms with van der Waals surface area (Å²) in [5.41, 5.74) is -0.229. The topological polar surface area (TPSA) is 101 Å². The van der Waals surface area contributed by atoms with E-state index in [0.717, 1.165) is 18.9 Å². The summed E-state index contributed by atoms with van der Waals surface area (Å²) in [6.45, 7) is 3.89. The van der Waals surface area contributed by atoms with Crippen molar-refractivity contribution in [1.29, 1.82) is 0 Å². The van der Waals surface area contributed by atoms with Gasteiger partial charge in [-0.1, -0.05) is 0 Å². The number of pyridine rings is 1.